The first-order chi connectivity index (χ1) is 19.9. The third-order valence-electron chi connectivity index (χ3n) is 11.3. The predicted octanol–water partition coefficient (Wildman–Crippen LogP) is 4.59. The monoisotopic (exact) mass is 546 g/mol. The number of amides is 1. The zero-order valence-electron chi connectivity index (χ0n) is 22.9. The molecule has 2 heterocycles. The molecule has 0 aromatic heterocycles. The quantitative estimate of drug-likeness (QED) is 0.408. The van der Waals surface area contributed by atoms with Crippen molar-refractivity contribution in [3.8, 4) is 22.6 Å². The number of hydrogen-bond acceptors (Lipinski definition) is 5. The Labute approximate surface area is 239 Å². The number of aromatic hydroxyl groups is 1. The summed E-state index contributed by atoms with van der Waals surface area (Å²) in [5, 5.41) is 26.6. The topological polar surface area (TPSA) is 82.0 Å². The van der Waals surface area contributed by atoms with Crippen molar-refractivity contribution in [1.82, 2.24) is 10.2 Å². The summed E-state index contributed by atoms with van der Waals surface area (Å²) in [6.45, 7) is 2.07. The number of phenols is 1. The molecule has 3 N–H and O–H groups in total. The lowest BCUT2D eigenvalue weighted by Crippen LogP contribution is -2.81. The molecule has 4 bridgehead atoms. The number of likely N-dealkylation sites (tertiary alicyclic amines) is 1. The number of fused-ring (bicyclic) bond motifs is 1. The third kappa shape index (κ3) is 3.02. The zero-order valence-corrected chi connectivity index (χ0v) is 22.9. The lowest BCUT2D eigenvalue weighted by molar-refractivity contribution is -0.191. The Balaban J connectivity index is 1.10. The summed E-state index contributed by atoms with van der Waals surface area (Å²) in [5.41, 5.74) is 2.98. The van der Waals surface area contributed by atoms with Gasteiger partial charge >= 0.3 is 0 Å². The molecule has 1 saturated heterocycles. The Morgan fingerprint density at radius 2 is 1.78 bits per heavy atom. The van der Waals surface area contributed by atoms with Crippen LogP contribution in [-0.4, -0.2) is 57.9 Å². The van der Waals surface area contributed by atoms with Crippen LogP contribution in [0.25, 0.3) is 11.1 Å². The molecule has 3 aromatic rings. The SMILES string of the molecule is O=C(N[C@H]1C[C@@]23C=CC1(O)[C@@H]1Oc4c(O)ccc5c4[C@@]12CCN(CC1CC1)[C@@H]3C5)c1ccc(-c2ccccc2)cc1. The van der Waals surface area contributed by atoms with Gasteiger partial charge in [0, 0.05) is 29.1 Å². The van der Waals surface area contributed by atoms with E-state index >= 15 is 0 Å². The molecule has 1 unspecified atom stereocenters. The van der Waals surface area contributed by atoms with Gasteiger partial charge < -0.3 is 20.3 Å². The van der Waals surface area contributed by atoms with Crippen molar-refractivity contribution in [3.63, 3.8) is 0 Å². The van der Waals surface area contributed by atoms with Gasteiger partial charge in [-0.3, -0.25) is 9.69 Å². The second kappa shape index (κ2) is 8.02. The largest absolute Gasteiger partial charge is 0.504 e. The Kier molecular flexibility index (Phi) is 4.70. The van der Waals surface area contributed by atoms with Crippen molar-refractivity contribution in [3.05, 3.63) is 95.6 Å². The Morgan fingerprint density at radius 3 is 2.56 bits per heavy atom. The van der Waals surface area contributed by atoms with Crippen LogP contribution < -0.4 is 10.1 Å². The van der Waals surface area contributed by atoms with Crippen molar-refractivity contribution in [1.29, 1.82) is 0 Å². The van der Waals surface area contributed by atoms with Crippen molar-refractivity contribution in [2.45, 2.75) is 61.3 Å². The highest BCUT2D eigenvalue weighted by Crippen LogP contribution is 2.73. The highest BCUT2D eigenvalue weighted by molar-refractivity contribution is 5.95. The second-order valence-corrected chi connectivity index (χ2v) is 13.3. The van der Waals surface area contributed by atoms with Gasteiger partial charge in [-0.05, 0) is 79.5 Å². The minimum atomic E-state index is -1.38. The summed E-state index contributed by atoms with van der Waals surface area (Å²) >= 11 is 0. The van der Waals surface area contributed by atoms with Crippen LogP contribution in [0.5, 0.6) is 11.5 Å². The molecule has 3 aromatic carbocycles. The Bertz CT molecular complexity index is 1620. The van der Waals surface area contributed by atoms with Crippen LogP contribution in [0.1, 0.15) is 47.2 Å². The van der Waals surface area contributed by atoms with Crippen LogP contribution >= 0.6 is 0 Å². The minimum absolute atomic E-state index is 0.142. The van der Waals surface area contributed by atoms with E-state index in [1.165, 1.54) is 18.4 Å². The highest BCUT2D eigenvalue weighted by atomic mass is 16.5. The molecule has 10 rings (SSSR count). The standard InChI is InChI=1S/C35H34N2O4/c38-26-13-12-25-18-28-33-14-15-35(40,32-34(33,29(25)30(26)41-32)16-17-37(28)20-21-6-7-21)27(19-33)36-31(39)24-10-8-23(9-11-24)22-4-2-1-3-5-22/h1-5,8-15,21,27-28,32,38,40H,6-7,16-20H2,(H,36,39)/t27-,28+,32+,33+,34-,35?/m0/s1. The summed E-state index contributed by atoms with van der Waals surface area (Å²) in [7, 11) is 0. The average Bonchev–Trinajstić information content (AvgIpc) is 3.73. The molecule has 7 aliphatic rings. The number of carbonyl (C=O) groups excluding carboxylic acids is 1. The van der Waals surface area contributed by atoms with Gasteiger partial charge in [-0.1, -0.05) is 60.7 Å². The van der Waals surface area contributed by atoms with E-state index in [9.17, 15) is 15.0 Å². The molecule has 2 saturated carbocycles. The lowest BCUT2D eigenvalue weighted by Gasteiger charge is -2.70. The first-order valence-electron chi connectivity index (χ1n) is 15.1. The summed E-state index contributed by atoms with van der Waals surface area (Å²) in [4.78, 5) is 16.4. The van der Waals surface area contributed by atoms with Gasteiger partial charge in [0.05, 0.1) is 11.5 Å². The van der Waals surface area contributed by atoms with Gasteiger partial charge in [0.25, 0.3) is 5.91 Å². The fraction of sp³-hybridized carbons (Fsp3) is 0.400. The smallest absolute Gasteiger partial charge is 0.251 e. The molecule has 41 heavy (non-hydrogen) atoms. The molecule has 5 aliphatic carbocycles. The van der Waals surface area contributed by atoms with Crippen LogP contribution in [-0.2, 0) is 11.8 Å². The van der Waals surface area contributed by atoms with Gasteiger partial charge in [0.15, 0.2) is 11.5 Å². The summed E-state index contributed by atoms with van der Waals surface area (Å²) < 4.78 is 6.63. The molecule has 208 valence electrons. The number of hydrogen-bond donors (Lipinski definition) is 3. The summed E-state index contributed by atoms with van der Waals surface area (Å²) in [5.74, 6) is 1.26. The van der Waals surface area contributed by atoms with Crippen molar-refractivity contribution >= 4 is 5.91 Å². The first kappa shape index (κ1) is 24.0. The van der Waals surface area contributed by atoms with E-state index in [-0.39, 0.29) is 23.1 Å². The van der Waals surface area contributed by atoms with Gasteiger partial charge in [-0.25, -0.2) is 0 Å². The number of nitrogens with one attached hydrogen (secondary N) is 1. The van der Waals surface area contributed by atoms with Gasteiger partial charge in [0.2, 0.25) is 0 Å². The van der Waals surface area contributed by atoms with Crippen molar-refractivity contribution < 1.29 is 19.7 Å². The van der Waals surface area contributed by atoms with Gasteiger partial charge in [-0.2, -0.15) is 0 Å². The molecule has 1 amide bonds. The molecule has 6 atom stereocenters. The van der Waals surface area contributed by atoms with E-state index in [0.717, 1.165) is 48.5 Å². The summed E-state index contributed by atoms with van der Waals surface area (Å²) in [6.07, 6.45) is 8.65. The normalized spacial score (nSPS) is 35.6. The first-order valence-corrected chi connectivity index (χ1v) is 15.1. The summed E-state index contributed by atoms with van der Waals surface area (Å²) in [6, 6.07) is 21.4. The van der Waals surface area contributed by atoms with E-state index in [1.54, 1.807) is 6.07 Å². The maximum absolute atomic E-state index is 13.7. The number of piperidine rings is 1. The van der Waals surface area contributed by atoms with Crippen molar-refractivity contribution in [2.75, 3.05) is 13.1 Å². The number of benzene rings is 3. The number of rotatable bonds is 5. The Hall–Kier alpha value is -3.61. The minimum Gasteiger partial charge on any atom is -0.504 e. The third-order valence-corrected chi connectivity index (χ3v) is 11.3. The maximum atomic E-state index is 13.7. The van der Waals surface area contributed by atoms with E-state index in [4.69, 9.17) is 4.74 Å². The maximum Gasteiger partial charge on any atom is 0.251 e. The molecule has 3 fully saturated rings. The molecule has 0 radical (unpaired) electrons. The predicted molar refractivity (Wildman–Crippen MR) is 155 cm³/mol. The fourth-order valence-electron chi connectivity index (χ4n) is 9.33. The van der Waals surface area contributed by atoms with Crippen molar-refractivity contribution in [2.24, 2.45) is 11.3 Å². The molecule has 6 nitrogen and oxygen atoms in total. The van der Waals surface area contributed by atoms with Crippen LogP contribution in [0.15, 0.2) is 78.9 Å². The van der Waals surface area contributed by atoms with Gasteiger partial charge in [-0.15, -0.1) is 0 Å². The average molecular weight is 547 g/mol. The lowest BCUT2D eigenvalue weighted by atomic mass is 9.38. The molecular weight excluding hydrogens is 512 g/mol. The van der Waals surface area contributed by atoms with E-state index in [2.05, 4.69) is 34.5 Å². The number of ether oxygens (including phenoxy) is 1. The fourth-order valence-corrected chi connectivity index (χ4v) is 9.33. The molecule has 2 spiro atoms. The number of nitrogens with zero attached hydrogens (tertiary/aromatic N) is 1. The zero-order chi connectivity index (χ0) is 27.6. The number of carbonyl (C=O) groups is 1. The highest BCUT2D eigenvalue weighted by Gasteiger charge is 2.79. The van der Waals surface area contributed by atoms with Crippen LogP contribution in [0.3, 0.4) is 0 Å². The molecule has 2 aliphatic heterocycles. The van der Waals surface area contributed by atoms with E-state index < -0.39 is 23.2 Å². The van der Waals surface area contributed by atoms with Crippen LogP contribution in [0, 0.1) is 11.3 Å². The van der Waals surface area contributed by atoms with Gasteiger partial charge in [0.1, 0.15) is 11.7 Å². The van der Waals surface area contributed by atoms with E-state index in [1.807, 2.05) is 48.5 Å². The van der Waals surface area contributed by atoms with Crippen LogP contribution in [0.2, 0.25) is 0 Å². The number of aliphatic hydroxyl groups is 1. The number of phenolic OH excluding ortho intramolecular Hbond substituents is 1. The van der Waals surface area contributed by atoms with Crippen LogP contribution in [0.4, 0.5) is 0 Å². The Morgan fingerprint density at radius 1 is 1.00 bits per heavy atom. The second-order valence-electron chi connectivity index (χ2n) is 13.3. The molecular formula is C35H34N2O4. The van der Waals surface area contributed by atoms with E-state index in [0.29, 0.717) is 17.7 Å². The molecule has 6 heteroatoms.